The number of nitrogens with two attached hydrogens (primary N) is 1. The van der Waals surface area contributed by atoms with Gasteiger partial charge < -0.3 is 15.8 Å². The summed E-state index contributed by atoms with van der Waals surface area (Å²) >= 11 is 3.40. The molecule has 0 bridgehead atoms. The largest absolute Gasteiger partial charge is 0.368 e. The van der Waals surface area contributed by atoms with E-state index in [2.05, 4.69) is 26.3 Å². The first-order valence-corrected chi connectivity index (χ1v) is 7.82. The van der Waals surface area contributed by atoms with Gasteiger partial charge in [0.25, 0.3) is 5.91 Å². The second-order valence-electron chi connectivity index (χ2n) is 5.20. The van der Waals surface area contributed by atoms with E-state index >= 15 is 0 Å². The average molecular weight is 379 g/mol. The molecule has 0 spiro atoms. The topological polar surface area (TPSA) is 99.2 Å². The van der Waals surface area contributed by atoms with Crippen molar-refractivity contribution in [2.45, 2.75) is 19.3 Å². The zero-order valence-corrected chi connectivity index (χ0v) is 13.7. The van der Waals surface area contributed by atoms with Crippen molar-refractivity contribution in [3.05, 3.63) is 51.8 Å². The summed E-state index contributed by atoms with van der Waals surface area (Å²) in [5, 5.41) is 6.71. The summed E-state index contributed by atoms with van der Waals surface area (Å²) in [7, 11) is 0. The van der Waals surface area contributed by atoms with Crippen LogP contribution in [0.15, 0.2) is 34.8 Å². The van der Waals surface area contributed by atoms with E-state index in [1.54, 1.807) is 10.7 Å². The van der Waals surface area contributed by atoms with E-state index in [-0.39, 0.29) is 18.3 Å². The summed E-state index contributed by atoms with van der Waals surface area (Å²) in [6.45, 7) is 0.690. The lowest BCUT2D eigenvalue weighted by molar-refractivity contribution is -0.117. The first-order chi connectivity index (χ1) is 11.0. The number of nitrogens with one attached hydrogen (secondary N) is 1. The predicted octanol–water partition coefficient (Wildman–Crippen LogP) is 1.13. The minimum atomic E-state index is -0.596. The highest BCUT2D eigenvalue weighted by atomic mass is 79.9. The minimum Gasteiger partial charge on any atom is -0.368 e. The Morgan fingerprint density at radius 3 is 2.83 bits per heavy atom. The number of carbonyl (C=O) groups excluding carboxylic acids is 2. The van der Waals surface area contributed by atoms with E-state index in [9.17, 15) is 9.59 Å². The molecule has 0 saturated carbocycles. The highest BCUT2D eigenvalue weighted by Gasteiger charge is 2.24. The molecule has 1 atom stereocenters. The molecular weight excluding hydrogens is 364 g/mol. The number of ether oxygens (including phenoxy) is 1. The van der Waals surface area contributed by atoms with E-state index < -0.39 is 11.8 Å². The summed E-state index contributed by atoms with van der Waals surface area (Å²) in [6, 6.07) is 9.56. The van der Waals surface area contributed by atoms with Crippen LogP contribution in [0.1, 0.15) is 27.8 Å². The lowest BCUT2D eigenvalue weighted by Crippen LogP contribution is -2.33. The van der Waals surface area contributed by atoms with Crippen LogP contribution in [0.5, 0.6) is 0 Å². The van der Waals surface area contributed by atoms with Crippen LogP contribution < -0.4 is 11.1 Å². The molecule has 2 aromatic rings. The fraction of sp³-hybridized carbons (Fsp3) is 0.267. The number of fused-ring (bicyclic) bond motifs is 1. The maximum Gasteiger partial charge on any atom is 0.272 e. The minimum absolute atomic E-state index is 0.114. The molecular formula is C15H15BrN4O3. The molecule has 0 radical (unpaired) electrons. The Labute approximate surface area is 140 Å². The number of nitrogens with zero attached hydrogens (tertiary/aromatic N) is 2. The van der Waals surface area contributed by atoms with E-state index in [0.717, 1.165) is 15.7 Å². The number of hydrogen-bond acceptors (Lipinski definition) is 4. The smallest absolute Gasteiger partial charge is 0.272 e. The third-order valence-electron chi connectivity index (χ3n) is 3.53. The van der Waals surface area contributed by atoms with Crippen LogP contribution in [0.3, 0.4) is 0 Å². The Bertz CT molecular complexity index is 742. The number of primary amides is 1. The van der Waals surface area contributed by atoms with Gasteiger partial charge in [-0.1, -0.05) is 28.1 Å². The third kappa shape index (κ3) is 3.59. The molecule has 0 unspecified atom stereocenters. The van der Waals surface area contributed by atoms with Crippen LogP contribution in [-0.2, 0) is 22.7 Å². The van der Waals surface area contributed by atoms with Crippen molar-refractivity contribution in [1.29, 1.82) is 0 Å². The highest BCUT2D eigenvalue weighted by molar-refractivity contribution is 9.10. The van der Waals surface area contributed by atoms with Crippen LogP contribution in [0, 0.1) is 0 Å². The van der Waals surface area contributed by atoms with Gasteiger partial charge in [-0.25, -0.2) is 0 Å². The van der Waals surface area contributed by atoms with Crippen LogP contribution in [0.25, 0.3) is 0 Å². The van der Waals surface area contributed by atoms with Gasteiger partial charge in [-0.05, 0) is 23.8 Å². The summed E-state index contributed by atoms with van der Waals surface area (Å²) in [4.78, 5) is 22.6. The molecule has 2 heterocycles. The average Bonchev–Trinajstić information content (AvgIpc) is 2.96. The highest BCUT2D eigenvalue weighted by Crippen LogP contribution is 2.27. The van der Waals surface area contributed by atoms with Gasteiger partial charge >= 0.3 is 0 Å². The quantitative estimate of drug-likeness (QED) is 0.832. The first-order valence-electron chi connectivity index (χ1n) is 7.03. The van der Waals surface area contributed by atoms with E-state index in [1.807, 2.05) is 24.3 Å². The predicted molar refractivity (Wildman–Crippen MR) is 85.4 cm³/mol. The molecule has 8 heteroatoms. The van der Waals surface area contributed by atoms with Gasteiger partial charge in [-0.2, -0.15) is 5.10 Å². The van der Waals surface area contributed by atoms with Gasteiger partial charge in [-0.15, -0.1) is 0 Å². The molecule has 23 heavy (non-hydrogen) atoms. The monoisotopic (exact) mass is 378 g/mol. The Balaban J connectivity index is 1.72. The second kappa shape index (κ2) is 6.51. The molecule has 2 amide bonds. The molecule has 0 saturated heterocycles. The number of halogens is 1. The molecule has 1 aromatic heterocycles. The second-order valence-corrected chi connectivity index (χ2v) is 6.12. The van der Waals surface area contributed by atoms with Crippen LogP contribution in [0.2, 0.25) is 0 Å². The Hall–Kier alpha value is -2.19. The SMILES string of the molecule is NC(=O)CNC(=O)c1cc2n(n1)C[C@@H](c1ccc(Br)cc1)OC2. The lowest BCUT2D eigenvalue weighted by atomic mass is 10.1. The van der Waals surface area contributed by atoms with Crippen molar-refractivity contribution < 1.29 is 14.3 Å². The molecule has 1 aliphatic heterocycles. The van der Waals surface area contributed by atoms with Gasteiger partial charge in [0.2, 0.25) is 5.91 Å². The van der Waals surface area contributed by atoms with Crippen molar-refractivity contribution in [1.82, 2.24) is 15.1 Å². The third-order valence-corrected chi connectivity index (χ3v) is 4.06. The maximum absolute atomic E-state index is 11.9. The van der Waals surface area contributed by atoms with E-state index in [4.69, 9.17) is 10.5 Å². The zero-order valence-electron chi connectivity index (χ0n) is 12.2. The number of carbonyl (C=O) groups is 2. The summed E-state index contributed by atoms with van der Waals surface area (Å²) in [6.07, 6.45) is -0.114. The molecule has 3 rings (SSSR count). The zero-order chi connectivity index (χ0) is 16.4. The molecule has 7 nitrogen and oxygen atoms in total. The number of rotatable bonds is 4. The number of aromatic nitrogens is 2. The van der Waals surface area contributed by atoms with Crippen molar-refractivity contribution in [3.63, 3.8) is 0 Å². The summed E-state index contributed by atoms with van der Waals surface area (Å²) in [5.74, 6) is -1.02. The number of benzene rings is 1. The Kier molecular flexibility index (Phi) is 4.44. The van der Waals surface area contributed by atoms with Gasteiger partial charge in [0.15, 0.2) is 5.69 Å². The molecule has 0 fully saturated rings. The molecule has 0 aliphatic carbocycles. The standard InChI is InChI=1S/C15H15BrN4O3/c16-10-3-1-9(2-4-10)13-7-20-11(8-23-13)5-12(19-20)15(22)18-6-14(17)21/h1-5,13H,6-8H2,(H2,17,21)(H,18,22)/t13-/m0/s1. The molecule has 3 N–H and O–H groups in total. The van der Waals surface area contributed by atoms with Crippen molar-refractivity contribution in [2.75, 3.05) is 6.54 Å². The van der Waals surface area contributed by atoms with E-state index in [1.165, 1.54) is 0 Å². The van der Waals surface area contributed by atoms with Crippen molar-refractivity contribution >= 4 is 27.7 Å². The van der Waals surface area contributed by atoms with Gasteiger partial charge in [0.05, 0.1) is 25.4 Å². The lowest BCUT2D eigenvalue weighted by Gasteiger charge is -2.24. The van der Waals surface area contributed by atoms with Crippen LogP contribution in [0.4, 0.5) is 0 Å². The fourth-order valence-corrected chi connectivity index (χ4v) is 2.64. The normalized spacial score (nSPS) is 16.7. The maximum atomic E-state index is 11.9. The number of hydrogen-bond donors (Lipinski definition) is 2. The van der Waals surface area contributed by atoms with Crippen molar-refractivity contribution in [2.24, 2.45) is 5.73 Å². The molecule has 1 aromatic carbocycles. The molecule has 1 aliphatic rings. The van der Waals surface area contributed by atoms with E-state index in [0.29, 0.717) is 13.2 Å². The van der Waals surface area contributed by atoms with Crippen LogP contribution >= 0.6 is 15.9 Å². The van der Waals surface area contributed by atoms with Crippen molar-refractivity contribution in [3.8, 4) is 0 Å². The first kappa shape index (κ1) is 15.7. The van der Waals surface area contributed by atoms with Gasteiger partial charge in [-0.3, -0.25) is 14.3 Å². The van der Waals surface area contributed by atoms with Gasteiger partial charge in [0, 0.05) is 4.47 Å². The molecule has 120 valence electrons. The fourth-order valence-electron chi connectivity index (χ4n) is 2.37. The Morgan fingerprint density at radius 2 is 2.13 bits per heavy atom. The summed E-state index contributed by atoms with van der Waals surface area (Å²) in [5.41, 5.74) is 7.13. The summed E-state index contributed by atoms with van der Waals surface area (Å²) < 4.78 is 8.60. The van der Waals surface area contributed by atoms with Gasteiger partial charge in [0.1, 0.15) is 6.10 Å². The number of amides is 2. The van der Waals surface area contributed by atoms with Crippen LogP contribution in [-0.4, -0.2) is 28.1 Å². The Morgan fingerprint density at radius 1 is 1.39 bits per heavy atom.